The van der Waals surface area contributed by atoms with Crippen LogP contribution in [0.3, 0.4) is 0 Å². The molecule has 1 atom stereocenters. The van der Waals surface area contributed by atoms with E-state index in [1.54, 1.807) is 30.0 Å². The minimum Gasteiger partial charge on any atom is -0.379 e. The Morgan fingerprint density at radius 1 is 1.00 bits per heavy atom. The van der Waals surface area contributed by atoms with Gasteiger partial charge < -0.3 is 15.0 Å². The number of hydrogen-bond donors (Lipinski definition) is 1. The topological polar surface area (TPSA) is 109 Å². The number of amides is 2. The lowest BCUT2D eigenvalue weighted by atomic mass is 9.96. The number of nitrogens with zero attached hydrogens (tertiary/aromatic N) is 5. The number of fused-ring (bicyclic) bond motifs is 1. The average molecular weight is 591 g/mol. The second-order valence-corrected chi connectivity index (χ2v) is 11.6. The minimum absolute atomic E-state index is 0.224. The first-order valence-corrected chi connectivity index (χ1v) is 15.1. The molecule has 0 radical (unpaired) electrons. The van der Waals surface area contributed by atoms with Crippen molar-refractivity contribution < 1.29 is 14.3 Å². The Morgan fingerprint density at radius 2 is 1.80 bits per heavy atom. The quantitative estimate of drug-likeness (QED) is 0.370. The number of carbonyl (C=O) groups is 2. The number of benzene rings is 3. The first kappa shape index (κ1) is 28.1. The van der Waals surface area contributed by atoms with Crippen molar-refractivity contribution in [1.29, 1.82) is 0 Å². The molecule has 3 aromatic carbocycles. The Labute approximate surface area is 255 Å². The van der Waals surface area contributed by atoms with Gasteiger partial charge in [0, 0.05) is 49.4 Å². The van der Waals surface area contributed by atoms with Gasteiger partial charge in [-0.15, -0.1) is 0 Å². The zero-order chi connectivity index (χ0) is 30.4. The van der Waals surface area contributed by atoms with Crippen molar-refractivity contribution in [2.45, 2.75) is 26.4 Å². The molecule has 1 saturated heterocycles. The number of carbonyl (C=O) groups excluding carboxylic acids is 2. The number of rotatable bonds is 6. The molecule has 1 aromatic heterocycles. The van der Waals surface area contributed by atoms with Crippen molar-refractivity contribution in [2.75, 3.05) is 50.8 Å². The van der Waals surface area contributed by atoms with E-state index in [1.165, 1.54) is 4.57 Å². The van der Waals surface area contributed by atoms with Gasteiger partial charge in [-0.2, -0.15) is 0 Å². The summed E-state index contributed by atoms with van der Waals surface area (Å²) in [4.78, 5) is 55.0. The molecule has 1 fully saturated rings. The molecule has 0 aliphatic carbocycles. The molecule has 0 bridgehead atoms. The summed E-state index contributed by atoms with van der Waals surface area (Å²) in [5.74, 6) is -0.136. The standard InChI is InChI=1S/C34H34N6O4/c1-21-18-24-10-12-39-30(24)27(19-21)29(23-6-4-3-5-7-23)37-31(34(39)43)40-22(2)36-28-20-25(8-9-26(28)33(40)42)32(41)35-11-13-38-14-16-44-17-15-38/h3-9,18-20,31H,10-17H2,1-2H3,(H,35,41). The lowest BCUT2D eigenvalue weighted by Gasteiger charge is -2.26. The van der Waals surface area contributed by atoms with E-state index in [2.05, 4.69) is 22.3 Å². The van der Waals surface area contributed by atoms with Crippen LogP contribution in [0.1, 0.15) is 44.6 Å². The summed E-state index contributed by atoms with van der Waals surface area (Å²) < 4.78 is 6.78. The van der Waals surface area contributed by atoms with Crippen LogP contribution >= 0.6 is 0 Å². The highest BCUT2D eigenvalue weighted by molar-refractivity contribution is 6.20. The normalized spacial score (nSPS) is 18.2. The molecule has 4 heterocycles. The lowest BCUT2D eigenvalue weighted by Crippen LogP contribution is -2.41. The van der Waals surface area contributed by atoms with Crippen LogP contribution in [-0.4, -0.2) is 77.9 Å². The van der Waals surface area contributed by atoms with Gasteiger partial charge in [0.25, 0.3) is 17.4 Å². The van der Waals surface area contributed by atoms with Crippen LogP contribution < -0.4 is 15.8 Å². The van der Waals surface area contributed by atoms with Gasteiger partial charge in [0.15, 0.2) is 0 Å². The van der Waals surface area contributed by atoms with E-state index in [4.69, 9.17) is 14.7 Å². The van der Waals surface area contributed by atoms with Crippen LogP contribution in [0, 0.1) is 13.8 Å². The van der Waals surface area contributed by atoms with Gasteiger partial charge >= 0.3 is 0 Å². The SMILES string of the molecule is Cc1cc2c3c(c1)C(c1ccccc1)=NC(n1c(C)nc4cc(C(=O)NCCN5CCOCC5)ccc4c1=O)C(=O)N3CC2. The number of hydrogen-bond acceptors (Lipinski definition) is 7. The average Bonchev–Trinajstić information content (AvgIpc) is 3.41. The fourth-order valence-corrected chi connectivity index (χ4v) is 6.48. The van der Waals surface area contributed by atoms with Crippen molar-refractivity contribution in [2.24, 2.45) is 4.99 Å². The molecule has 0 spiro atoms. The Hall–Kier alpha value is -4.67. The van der Waals surface area contributed by atoms with Crippen molar-refractivity contribution in [3.8, 4) is 0 Å². The van der Waals surface area contributed by atoms with Crippen molar-refractivity contribution in [3.05, 3.63) is 105 Å². The molecule has 7 rings (SSSR count). The highest BCUT2D eigenvalue weighted by Crippen LogP contribution is 2.39. The lowest BCUT2D eigenvalue weighted by molar-refractivity contribution is -0.121. The summed E-state index contributed by atoms with van der Waals surface area (Å²) in [7, 11) is 0. The smallest absolute Gasteiger partial charge is 0.272 e. The maximum atomic E-state index is 14.2. The van der Waals surface area contributed by atoms with Crippen LogP contribution in [0.15, 0.2) is 70.5 Å². The molecular formula is C34H34N6O4. The molecule has 10 nitrogen and oxygen atoms in total. The fourth-order valence-electron chi connectivity index (χ4n) is 6.48. The molecular weight excluding hydrogens is 556 g/mol. The Morgan fingerprint density at radius 3 is 2.59 bits per heavy atom. The molecule has 0 saturated carbocycles. The summed E-state index contributed by atoms with van der Waals surface area (Å²) in [5, 5.41) is 3.29. The largest absolute Gasteiger partial charge is 0.379 e. The van der Waals surface area contributed by atoms with Gasteiger partial charge in [0.05, 0.1) is 35.5 Å². The second kappa shape index (κ2) is 11.4. The van der Waals surface area contributed by atoms with Crippen molar-refractivity contribution >= 4 is 34.1 Å². The van der Waals surface area contributed by atoms with Gasteiger partial charge in [0.2, 0.25) is 6.17 Å². The third-order valence-corrected chi connectivity index (χ3v) is 8.65. The zero-order valence-electron chi connectivity index (χ0n) is 24.9. The van der Waals surface area contributed by atoms with Crippen LogP contribution in [0.25, 0.3) is 10.9 Å². The van der Waals surface area contributed by atoms with Crippen LogP contribution in [-0.2, 0) is 16.0 Å². The maximum absolute atomic E-state index is 14.2. The minimum atomic E-state index is -1.13. The number of aliphatic imine (C=N–C) groups is 1. The van der Waals surface area contributed by atoms with E-state index in [9.17, 15) is 14.4 Å². The molecule has 44 heavy (non-hydrogen) atoms. The predicted octanol–water partition coefficient (Wildman–Crippen LogP) is 3.01. The number of anilines is 1. The maximum Gasteiger partial charge on any atom is 0.272 e. The van der Waals surface area contributed by atoms with Gasteiger partial charge in [0.1, 0.15) is 5.82 Å². The number of aromatic nitrogens is 2. The van der Waals surface area contributed by atoms with Crippen LogP contribution in [0.4, 0.5) is 5.69 Å². The zero-order valence-corrected chi connectivity index (χ0v) is 24.9. The molecule has 4 aromatic rings. The second-order valence-electron chi connectivity index (χ2n) is 11.6. The first-order chi connectivity index (χ1) is 21.4. The van der Waals surface area contributed by atoms with E-state index in [1.807, 2.05) is 37.3 Å². The predicted molar refractivity (Wildman–Crippen MR) is 169 cm³/mol. The Bertz CT molecular complexity index is 1880. The Balaban J connectivity index is 1.26. The molecule has 3 aliphatic rings. The van der Waals surface area contributed by atoms with E-state index >= 15 is 0 Å². The third kappa shape index (κ3) is 4.99. The molecule has 10 heteroatoms. The molecule has 3 aliphatic heterocycles. The van der Waals surface area contributed by atoms with Crippen LogP contribution in [0.2, 0.25) is 0 Å². The van der Waals surface area contributed by atoms with Crippen LogP contribution in [0.5, 0.6) is 0 Å². The number of morpholine rings is 1. The first-order valence-electron chi connectivity index (χ1n) is 15.1. The van der Waals surface area contributed by atoms with Gasteiger partial charge in [-0.25, -0.2) is 9.98 Å². The summed E-state index contributed by atoms with van der Waals surface area (Å²) in [6, 6.07) is 18.9. The highest BCUT2D eigenvalue weighted by atomic mass is 16.5. The highest BCUT2D eigenvalue weighted by Gasteiger charge is 2.38. The van der Waals surface area contributed by atoms with E-state index in [0.717, 1.165) is 54.0 Å². The van der Waals surface area contributed by atoms with Gasteiger partial charge in [-0.3, -0.25) is 23.9 Å². The van der Waals surface area contributed by atoms with Crippen molar-refractivity contribution in [1.82, 2.24) is 19.8 Å². The monoisotopic (exact) mass is 590 g/mol. The summed E-state index contributed by atoms with van der Waals surface area (Å²) >= 11 is 0. The third-order valence-electron chi connectivity index (χ3n) is 8.65. The number of aryl methyl sites for hydroxylation is 2. The molecule has 2 amide bonds. The summed E-state index contributed by atoms with van der Waals surface area (Å²) in [6.07, 6.45) is -0.387. The number of nitrogens with one attached hydrogen (secondary N) is 1. The molecule has 224 valence electrons. The van der Waals surface area contributed by atoms with Gasteiger partial charge in [-0.05, 0) is 50.1 Å². The fraction of sp³-hybridized carbons (Fsp3) is 0.324. The summed E-state index contributed by atoms with van der Waals surface area (Å²) in [6.45, 7) is 8.65. The van der Waals surface area contributed by atoms with Crippen molar-refractivity contribution in [3.63, 3.8) is 0 Å². The van der Waals surface area contributed by atoms with E-state index in [-0.39, 0.29) is 17.4 Å². The van der Waals surface area contributed by atoms with E-state index in [0.29, 0.717) is 54.3 Å². The molecule has 1 N–H and O–H groups in total. The summed E-state index contributed by atoms with van der Waals surface area (Å²) in [5.41, 5.74) is 5.96. The van der Waals surface area contributed by atoms with E-state index < -0.39 is 6.17 Å². The number of ether oxygens (including phenoxy) is 1. The van der Waals surface area contributed by atoms with Gasteiger partial charge in [-0.1, -0.05) is 42.0 Å². The molecule has 1 unspecified atom stereocenters. The Kier molecular flexibility index (Phi) is 7.31.